The molecule has 1 unspecified atom stereocenters. The standard InChI is InChI=1S/C14H24N2S/c1-6-10(2)16-8-7-11-12(9-16)17-13(15-11)14(3,4)5/h10H,6-9H2,1-5H3. The number of aromatic nitrogens is 1. The number of nitrogens with zero attached hydrogens (tertiary/aromatic N) is 2. The van der Waals surface area contributed by atoms with Crippen molar-refractivity contribution in [2.45, 2.75) is 65.5 Å². The van der Waals surface area contributed by atoms with Gasteiger partial charge in [0.15, 0.2) is 0 Å². The van der Waals surface area contributed by atoms with Crippen LogP contribution in [0.25, 0.3) is 0 Å². The van der Waals surface area contributed by atoms with Gasteiger partial charge in [-0.2, -0.15) is 0 Å². The molecule has 0 fully saturated rings. The van der Waals surface area contributed by atoms with Gasteiger partial charge in [-0.25, -0.2) is 4.98 Å². The maximum atomic E-state index is 4.83. The van der Waals surface area contributed by atoms with E-state index in [1.54, 1.807) is 0 Å². The van der Waals surface area contributed by atoms with E-state index in [1.807, 2.05) is 11.3 Å². The fourth-order valence-corrected chi connectivity index (χ4v) is 3.36. The minimum atomic E-state index is 0.198. The summed E-state index contributed by atoms with van der Waals surface area (Å²) in [4.78, 5) is 8.93. The van der Waals surface area contributed by atoms with Gasteiger partial charge in [-0.15, -0.1) is 11.3 Å². The normalized spacial score (nSPS) is 19.1. The molecule has 0 radical (unpaired) electrons. The minimum absolute atomic E-state index is 0.198. The first-order valence-corrected chi connectivity index (χ1v) is 7.46. The van der Waals surface area contributed by atoms with Gasteiger partial charge in [0.1, 0.15) is 0 Å². The molecule has 0 bridgehead atoms. The Balaban J connectivity index is 2.19. The Bertz CT molecular complexity index is 389. The molecule has 2 nitrogen and oxygen atoms in total. The van der Waals surface area contributed by atoms with E-state index in [0.717, 1.165) is 13.0 Å². The highest BCUT2D eigenvalue weighted by molar-refractivity contribution is 7.11. The Labute approximate surface area is 109 Å². The summed E-state index contributed by atoms with van der Waals surface area (Å²) in [5.41, 5.74) is 1.56. The van der Waals surface area contributed by atoms with Crippen LogP contribution in [-0.4, -0.2) is 22.5 Å². The Hall–Kier alpha value is -0.410. The fraction of sp³-hybridized carbons (Fsp3) is 0.786. The monoisotopic (exact) mass is 252 g/mol. The lowest BCUT2D eigenvalue weighted by Gasteiger charge is -2.31. The number of hydrogen-bond donors (Lipinski definition) is 0. The van der Waals surface area contributed by atoms with E-state index in [-0.39, 0.29) is 5.41 Å². The minimum Gasteiger partial charge on any atom is -0.295 e. The molecule has 1 aromatic rings. The van der Waals surface area contributed by atoms with Gasteiger partial charge in [0.2, 0.25) is 0 Å². The van der Waals surface area contributed by atoms with Crippen LogP contribution in [0.1, 0.15) is 56.6 Å². The van der Waals surface area contributed by atoms with Crippen LogP contribution in [0.4, 0.5) is 0 Å². The highest BCUT2D eigenvalue weighted by atomic mass is 32.1. The second-order valence-corrected chi connectivity index (χ2v) is 7.20. The van der Waals surface area contributed by atoms with Crippen molar-refractivity contribution in [3.63, 3.8) is 0 Å². The van der Waals surface area contributed by atoms with Crippen LogP contribution in [0, 0.1) is 0 Å². The lowest BCUT2D eigenvalue weighted by atomic mass is 9.98. The lowest BCUT2D eigenvalue weighted by molar-refractivity contribution is 0.187. The molecule has 3 heteroatoms. The van der Waals surface area contributed by atoms with Crippen LogP contribution < -0.4 is 0 Å². The van der Waals surface area contributed by atoms with Crippen molar-refractivity contribution in [2.75, 3.05) is 6.54 Å². The van der Waals surface area contributed by atoms with Crippen molar-refractivity contribution in [1.82, 2.24) is 9.88 Å². The van der Waals surface area contributed by atoms with E-state index >= 15 is 0 Å². The maximum Gasteiger partial charge on any atom is 0.0985 e. The first kappa shape index (κ1) is 13.0. The summed E-state index contributed by atoms with van der Waals surface area (Å²) < 4.78 is 0. The average Bonchev–Trinajstić information content (AvgIpc) is 2.70. The summed E-state index contributed by atoms with van der Waals surface area (Å²) in [7, 11) is 0. The molecular weight excluding hydrogens is 228 g/mol. The second-order valence-electron chi connectivity index (χ2n) is 6.12. The molecule has 0 aliphatic carbocycles. The van der Waals surface area contributed by atoms with E-state index in [2.05, 4.69) is 39.5 Å². The molecule has 0 amide bonds. The third-order valence-corrected chi connectivity index (χ3v) is 5.12. The summed E-state index contributed by atoms with van der Waals surface area (Å²) in [6, 6.07) is 0.698. The Morgan fingerprint density at radius 2 is 2.12 bits per heavy atom. The van der Waals surface area contributed by atoms with E-state index in [0.29, 0.717) is 6.04 Å². The van der Waals surface area contributed by atoms with Crippen LogP contribution in [0.5, 0.6) is 0 Å². The first-order chi connectivity index (χ1) is 7.91. The molecular formula is C14H24N2S. The molecule has 0 saturated heterocycles. The van der Waals surface area contributed by atoms with Gasteiger partial charge in [0.25, 0.3) is 0 Å². The highest BCUT2D eigenvalue weighted by Gasteiger charge is 2.26. The smallest absolute Gasteiger partial charge is 0.0985 e. The van der Waals surface area contributed by atoms with Gasteiger partial charge in [0.05, 0.1) is 10.7 Å². The topological polar surface area (TPSA) is 16.1 Å². The van der Waals surface area contributed by atoms with E-state index in [1.165, 1.54) is 28.5 Å². The lowest BCUT2D eigenvalue weighted by Crippen LogP contribution is -2.36. The molecule has 0 saturated carbocycles. The van der Waals surface area contributed by atoms with Crippen molar-refractivity contribution in [3.05, 3.63) is 15.6 Å². The molecule has 0 spiro atoms. The van der Waals surface area contributed by atoms with Crippen LogP contribution in [-0.2, 0) is 18.4 Å². The third-order valence-electron chi connectivity index (χ3n) is 3.62. The van der Waals surface area contributed by atoms with Crippen molar-refractivity contribution >= 4 is 11.3 Å². The molecule has 96 valence electrons. The number of thiazole rings is 1. The predicted octanol–water partition coefficient (Wildman–Crippen LogP) is 3.60. The molecule has 2 heterocycles. The number of rotatable bonds is 2. The summed E-state index contributed by atoms with van der Waals surface area (Å²) >= 11 is 1.92. The zero-order valence-corrected chi connectivity index (χ0v) is 12.5. The van der Waals surface area contributed by atoms with E-state index < -0.39 is 0 Å². The van der Waals surface area contributed by atoms with Crippen molar-refractivity contribution in [2.24, 2.45) is 0 Å². The zero-order chi connectivity index (χ0) is 12.6. The van der Waals surface area contributed by atoms with Crippen LogP contribution in [0.2, 0.25) is 0 Å². The van der Waals surface area contributed by atoms with Gasteiger partial charge in [0, 0.05) is 35.8 Å². The maximum absolute atomic E-state index is 4.83. The molecule has 1 aliphatic rings. The third kappa shape index (κ3) is 2.71. The molecule has 1 aromatic heterocycles. The molecule has 17 heavy (non-hydrogen) atoms. The predicted molar refractivity (Wildman–Crippen MR) is 74.7 cm³/mol. The molecule has 1 aliphatic heterocycles. The molecule has 0 aromatic carbocycles. The SMILES string of the molecule is CCC(C)N1CCc2nc(C(C)(C)C)sc2C1. The highest BCUT2D eigenvalue weighted by Crippen LogP contribution is 2.32. The molecule has 2 rings (SSSR count). The quantitative estimate of drug-likeness (QED) is 0.799. The average molecular weight is 252 g/mol. The van der Waals surface area contributed by atoms with Crippen molar-refractivity contribution < 1.29 is 0 Å². The summed E-state index contributed by atoms with van der Waals surface area (Å²) in [5.74, 6) is 0. The van der Waals surface area contributed by atoms with E-state index in [4.69, 9.17) is 4.98 Å². The largest absolute Gasteiger partial charge is 0.295 e. The van der Waals surface area contributed by atoms with Crippen LogP contribution >= 0.6 is 11.3 Å². The van der Waals surface area contributed by atoms with Gasteiger partial charge in [-0.1, -0.05) is 27.7 Å². The summed E-state index contributed by atoms with van der Waals surface area (Å²) in [6.45, 7) is 13.6. The number of fused-ring (bicyclic) bond motifs is 1. The Kier molecular flexibility index (Phi) is 3.60. The van der Waals surface area contributed by atoms with Gasteiger partial charge >= 0.3 is 0 Å². The fourth-order valence-electron chi connectivity index (χ4n) is 2.17. The molecule has 0 N–H and O–H groups in total. The van der Waals surface area contributed by atoms with Gasteiger partial charge in [-0.3, -0.25) is 4.90 Å². The number of hydrogen-bond acceptors (Lipinski definition) is 3. The molecule has 1 atom stereocenters. The Morgan fingerprint density at radius 1 is 1.41 bits per heavy atom. The van der Waals surface area contributed by atoms with Crippen LogP contribution in [0.3, 0.4) is 0 Å². The summed E-state index contributed by atoms with van der Waals surface area (Å²) in [6.07, 6.45) is 2.37. The first-order valence-electron chi connectivity index (χ1n) is 6.65. The van der Waals surface area contributed by atoms with Crippen LogP contribution in [0.15, 0.2) is 0 Å². The second kappa shape index (κ2) is 4.69. The van der Waals surface area contributed by atoms with Gasteiger partial charge in [-0.05, 0) is 13.3 Å². The Morgan fingerprint density at radius 3 is 2.71 bits per heavy atom. The zero-order valence-electron chi connectivity index (χ0n) is 11.7. The van der Waals surface area contributed by atoms with Crippen molar-refractivity contribution in [3.8, 4) is 0 Å². The van der Waals surface area contributed by atoms with Gasteiger partial charge < -0.3 is 0 Å². The van der Waals surface area contributed by atoms with E-state index in [9.17, 15) is 0 Å². The summed E-state index contributed by atoms with van der Waals surface area (Å²) in [5, 5.41) is 1.30. The van der Waals surface area contributed by atoms with Crippen molar-refractivity contribution in [1.29, 1.82) is 0 Å².